The summed E-state index contributed by atoms with van der Waals surface area (Å²) in [4.78, 5) is 0. The van der Waals surface area contributed by atoms with Crippen molar-refractivity contribution in [2.24, 2.45) is 11.8 Å². The molecule has 2 aliphatic carbocycles. The lowest BCUT2D eigenvalue weighted by Gasteiger charge is -2.25. The van der Waals surface area contributed by atoms with Gasteiger partial charge in [-0.2, -0.15) is 0 Å². The molecule has 2 nitrogen and oxygen atoms in total. The van der Waals surface area contributed by atoms with Crippen LogP contribution < -0.4 is 5.32 Å². The number of rotatable bonds is 3. The molecular weight excluding hydrogens is 314 g/mol. The van der Waals surface area contributed by atoms with Crippen LogP contribution >= 0.6 is 15.9 Å². The zero-order chi connectivity index (χ0) is 13.7. The highest BCUT2D eigenvalue weighted by atomic mass is 79.9. The normalized spacial score (nSPS) is 30.2. The summed E-state index contributed by atoms with van der Waals surface area (Å²) in [6, 6.07) is 9.35. The highest BCUT2D eigenvalue weighted by Gasteiger charge is 2.39. The maximum atomic E-state index is 5.99. The number of hydrogen-bond acceptors (Lipinski definition) is 2. The van der Waals surface area contributed by atoms with E-state index in [0.717, 1.165) is 27.7 Å². The third kappa shape index (κ3) is 2.21. The van der Waals surface area contributed by atoms with Crippen molar-refractivity contribution in [1.82, 2.24) is 5.32 Å². The standard InChI is InChI=1S/C17H20BrNO/c1-10(19-15-7-11-2-3-12(15)6-11)17-9-13-8-14(18)4-5-16(13)20-17/h4-5,8-12,15,19H,2-3,6-7H2,1H3. The summed E-state index contributed by atoms with van der Waals surface area (Å²) in [5, 5.41) is 4.97. The van der Waals surface area contributed by atoms with Crippen LogP contribution in [0.1, 0.15) is 44.4 Å². The van der Waals surface area contributed by atoms with E-state index >= 15 is 0 Å². The Hall–Kier alpha value is -0.800. The molecule has 4 atom stereocenters. The number of benzene rings is 1. The number of hydrogen-bond donors (Lipinski definition) is 1. The molecule has 1 aromatic carbocycles. The predicted molar refractivity (Wildman–Crippen MR) is 84.7 cm³/mol. The fourth-order valence-electron chi connectivity index (χ4n) is 4.10. The van der Waals surface area contributed by atoms with Crippen molar-refractivity contribution in [2.75, 3.05) is 0 Å². The molecule has 3 heteroatoms. The third-order valence-corrected chi connectivity index (χ3v) is 5.62. The van der Waals surface area contributed by atoms with E-state index in [0.29, 0.717) is 12.1 Å². The molecule has 2 bridgehead atoms. The lowest BCUT2D eigenvalue weighted by molar-refractivity contribution is 0.310. The van der Waals surface area contributed by atoms with Crippen molar-refractivity contribution in [3.63, 3.8) is 0 Å². The van der Waals surface area contributed by atoms with Gasteiger partial charge < -0.3 is 9.73 Å². The summed E-state index contributed by atoms with van der Waals surface area (Å²) in [7, 11) is 0. The average molecular weight is 334 g/mol. The van der Waals surface area contributed by atoms with E-state index in [1.165, 1.54) is 31.1 Å². The summed E-state index contributed by atoms with van der Waals surface area (Å²) < 4.78 is 7.09. The molecule has 1 aromatic heterocycles. The van der Waals surface area contributed by atoms with Crippen molar-refractivity contribution in [2.45, 2.75) is 44.7 Å². The van der Waals surface area contributed by atoms with Crippen LogP contribution in [0.2, 0.25) is 0 Å². The van der Waals surface area contributed by atoms with Gasteiger partial charge in [0.2, 0.25) is 0 Å². The van der Waals surface area contributed by atoms with Crippen molar-refractivity contribution in [3.8, 4) is 0 Å². The molecule has 20 heavy (non-hydrogen) atoms. The van der Waals surface area contributed by atoms with E-state index in [9.17, 15) is 0 Å². The van der Waals surface area contributed by atoms with Crippen LogP contribution in [0.3, 0.4) is 0 Å². The van der Waals surface area contributed by atoms with Crippen LogP contribution in [0.5, 0.6) is 0 Å². The zero-order valence-electron chi connectivity index (χ0n) is 11.7. The van der Waals surface area contributed by atoms with E-state index in [1.54, 1.807) is 0 Å². The van der Waals surface area contributed by atoms with Gasteiger partial charge in [0.15, 0.2) is 0 Å². The smallest absolute Gasteiger partial charge is 0.134 e. The number of nitrogens with one attached hydrogen (secondary N) is 1. The monoisotopic (exact) mass is 333 g/mol. The highest BCUT2D eigenvalue weighted by molar-refractivity contribution is 9.10. The van der Waals surface area contributed by atoms with Crippen LogP contribution in [-0.4, -0.2) is 6.04 Å². The summed E-state index contributed by atoms with van der Waals surface area (Å²) in [6.45, 7) is 2.22. The minimum Gasteiger partial charge on any atom is -0.459 e. The zero-order valence-corrected chi connectivity index (χ0v) is 13.3. The summed E-state index contributed by atoms with van der Waals surface area (Å²) >= 11 is 3.51. The number of furan rings is 1. The highest BCUT2D eigenvalue weighted by Crippen LogP contribution is 2.45. The Bertz CT molecular complexity index is 635. The van der Waals surface area contributed by atoms with Crippen molar-refractivity contribution in [1.29, 1.82) is 0 Å². The molecule has 1 N–H and O–H groups in total. The van der Waals surface area contributed by atoms with Crippen molar-refractivity contribution in [3.05, 3.63) is 34.5 Å². The van der Waals surface area contributed by atoms with Gasteiger partial charge in [0, 0.05) is 15.9 Å². The van der Waals surface area contributed by atoms with Gasteiger partial charge in [-0.3, -0.25) is 0 Å². The Kier molecular flexibility index (Phi) is 3.15. The van der Waals surface area contributed by atoms with Gasteiger partial charge >= 0.3 is 0 Å². The van der Waals surface area contributed by atoms with E-state index in [-0.39, 0.29) is 0 Å². The van der Waals surface area contributed by atoms with Gasteiger partial charge in [-0.15, -0.1) is 0 Å². The van der Waals surface area contributed by atoms with Crippen LogP contribution in [-0.2, 0) is 0 Å². The summed E-state index contributed by atoms with van der Waals surface area (Å²) in [5.74, 6) is 2.94. The van der Waals surface area contributed by atoms with Crippen LogP contribution in [0.4, 0.5) is 0 Å². The Labute approximate surface area is 128 Å². The third-order valence-electron chi connectivity index (χ3n) is 5.13. The minimum absolute atomic E-state index is 0.297. The summed E-state index contributed by atoms with van der Waals surface area (Å²) in [5.41, 5.74) is 0.977. The largest absolute Gasteiger partial charge is 0.459 e. The second-order valence-corrected chi connectivity index (χ2v) is 7.42. The van der Waals surface area contributed by atoms with E-state index in [2.05, 4.69) is 40.3 Å². The quantitative estimate of drug-likeness (QED) is 0.851. The van der Waals surface area contributed by atoms with Crippen LogP contribution in [0.25, 0.3) is 11.0 Å². The average Bonchev–Trinajstić information content (AvgIpc) is 3.11. The van der Waals surface area contributed by atoms with E-state index < -0.39 is 0 Å². The van der Waals surface area contributed by atoms with Crippen LogP contribution in [0, 0.1) is 11.8 Å². The topological polar surface area (TPSA) is 25.2 Å². The SMILES string of the molecule is CC(NC1CC2CCC1C2)c1cc2cc(Br)ccc2o1. The second kappa shape index (κ2) is 4.88. The number of halogens is 1. The Balaban J connectivity index is 1.53. The lowest BCUT2D eigenvalue weighted by Crippen LogP contribution is -2.35. The number of fused-ring (bicyclic) bond motifs is 3. The molecule has 0 saturated heterocycles. The van der Waals surface area contributed by atoms with Gasteiger partial charge in [0.25, 0.3) is 0 Å². The first-order chi connectivity index (χ1) is 9.69. The van der Waals surface area contributed by atoms with Crippen molar-refractivity contribution >= 4 is 26.9 Å². The first-order valence-electron chi connectivity index (χ1n) is 7.64. The molecular formula is C17H20BrNO. The second-order valence-electron chi connectivity index (χ2n) is 6.50. The minimum atomic E-state index is 0.297. The molecule has 0 aliphatic heterocycles. The van der Waals surface area contributed by atoms with Gasteiger partial charge in [0.05, 0.1) is 6.04 Å². The maximum absolute atomic E-state index is 5.99. The molecule has 4 unspecified atom stereocenters. The molecule has 0 spiro atoms. The molecule has 0 amide bonds. The van der Waals surface area contributed by atoms with E-state index in [4.69, 9.17) is 4.42 Å². The van der Waals surface area contributed by atoms with Gasteiger partial charge in [0.1, 0.15) is 11.3 Å². The first-order valence-corrected chi connectivity index (χ1v) is 8.43. The molecule has 2 aliphatic rings. The van der Waals surface area contributed by atoms with Crippen LogP contribution in [0.15, 0.2) is 33.2 Å². The van der Waals surface area contributed by atoms with E-state index in [1.807, 2.05) is 12.1 Å². The molecule has 2 aromatic rings. The molecule has 2 saturated carbocycles. The first kappa shape index (κ1) is 12.9. The summed E-state index contributed by atoms with van der Waals surface area (Å²) in [6.07, 6.45) is 5.68. The lowest BCUT2D eigenvalue weighted by atomic mass is 9.94. The Morgan fingerprint density at radius 1 is 1.25 bits per heavy atom. The fraction of sp³-hybridized carbons (Fsp3) is 0.529. The molecule has 2 fully saturated rings. The van der Waals surface area contributed by atoms with Crippen molar-refractivity contribution < 1.29 is 4.42 Å². The van der Waals surface area contributed by atoms with Gasteiger partial charge in [-0.25, -0.2) is 0 Å². The molecule has 0 radical (unpaired) electrons. The van der Waals surface area contributed by atoms with Gasteiger partial charge in [-0.05, 0) is 62.3 Å². The maximum Gasteiger partial charge on any atom is 0.134 e. The van der Waals surface area contributed by atoms with Gasteiger partial charge in [-0.1, -0.05) is 22.4 Å². The molecule has 4 rings (SSSR count). The fourth-order valence-corrected chi connectivity index (χ4v) is 4.48. The Morgan fingerprint density at radius 3 is 2.90 bits per heavy atom. The molecule has 1 heterocycles. The Morgan fingerprint density at radius 2 is 2.15 bits per heavy atom. The molecule has 106 valence electrons. The predicted octanol–water partition coefficient (Wildman–Crippen LogP) is 5.03.